The van der Waals surface area contributed by atoms with E-state index in [1.165, 1.54) is 24.8 Å². The number of aliphatic imine (C=N–C) groups is 1. The van der Waals surface area contributed by atoms with Gasteiger partial charge in [-0.2, -0.15) is 0 Å². The van der Waals surface area contributed by atoms with E-state index in [4.69, 9.17) is 4.74 Å². The average Bonchev–Trinajstić information content (AvgIpc) is 2.48. The van der Waals surface area contributed by atoms with E-state index in [0.29, 0.717) is 0 Å². The summed E-state index contributed by atoms with van der Waals surface area (Å²) in [5, 5.41) is 6.97. The van der Waals surface area contributed by atoms with Crippen molar-refractivity contribution < 1.29 is 4.74 Å². The molecule has 1 aliphatic heterocycles. The Morgan fingerprint density at radius 1 is 1.13 bits per heavy atom. The van der Waals surface area contributed by atoms with Crippen LogP contribution < -0.4 is 10.6 Å². The van der Waals surface area contributed by atoms with Gasteiger partial charge in [-0.25, -0.2) is 0 Å². The first-order valence-electron chi connectivity index (χ1n) is 8.24. The first kappa shape index (κ1) is 18.5. The van der Waals surface area contributed by atoms with Gasteiger partial charge in [0, 0.05) is 31.0 Å². The summed E-state index contributed by atoms with van der Waals surface area (Å²) in [5.74, 6) is 0.898. The molecule has 3 rings (SSSR count). The third-order valence-corrected chi connectivity index (χ3v) is 5.10. The maximum absolute atomic E-state index is 5.30. The lowest BCUT2D eigenvalue weighted by Gasteiger charge is -2.43. The number of nitrogens with one attached hydrogen (secondary N) is 2. The van der Waals surface area contributed by atoms with Gasteiger partial charge in [0.25, 0.3) is 0 Å². The van der Waals surface area contributed by atoms with Gasteiger partial charge in [0.2, 0.25) is 0 Å². The fraction of sp³-hybridized carbons (Fsp3) is 0.611. The van der Waals surface area contributed by atoms with E-state index in [-0.39, 0.29) is 34.8 Å². The van der Waals surface area contributed by atoms with Crippen LogP contribution in [0.4, 0.5) is 0 Å². The number of nitrogens with zero attached hydrogens (tertiary/aromatic N) is 1. The van der Waals surface area contributed by atoms with Crippen LogP contribution in [0.25, 0.3) is 0 Å². The van der Waals surface area contributed by atoms with E-state index in [1.807, 2.05) is 7.05 Å². The van der Waals surface area contributed by atoms with E-state index in [1.54, 1.807) is 0 Å². The highest BCUT2D eigenvalue weighted by molar-refractivity contribution is 14.0. The van der Waals surface area contributed by atoms with Crippen molar-refractivity contribution in [3.05, 3.63) is 35.9 Å². The Labute approximate surface area is 156 Å². The summed E-state index contributed by atoms with van der Waals surface area (Å²) in [4.78, 5) is 4.36. The number of rotatable bonds is 5. The fourth-order valence-corrected chi connectivity index (χ4v) is 3.29. The van der Waals surface area contributed by atoms with E-state index in [9.17, 15) is 0 Å². The number of hydrogen-bond donors (Lipinski definition) is 2. The molecule has 2 aliphatic rings. The van der Waals surface area contributed by atoms with Gasteiger partial charge in [-0.1, -0.05) is 43.7 Å². The predicted molar refractivity (Wildman–Crippen MR) is 106 cm³/mol. The molecule has 0 amide bonds. The highest BCUT2D eigenvalue weighted by Gasteiger charge is 2.38. The third-order valence-electron chi connectivity index (χ3n) is 5.10. The first-order chi connectivity index (χ1) is 10.7. The minimum absolute atomic E-state index is 0. The quantitative estimate of drug-likeness (QED) is 0.430. The van der Waals surface area contributed by atoms with Crippen LogP contribution in [0, 0.1) is 5.41 Å². The van der Waals surface area contributed by atoms with Crippen molar-refractivity contribution in [1.82, 2.24) is 10.6 Å². The zero-order valence-corrected chi connectivity index (χ0v) is 16.4. The number of hydrogen-bond acceptors (Lipinski definition) is 2. The van der Waals surface area contributed by atoms with Gasteiger partial charge in [-0.15, -0.1) is 24.0 Å². The van der Waals surface area contributed by atoms with Crippen LogP contribution in [-0.2, 0) is 10.2 Å². The van der Waals surface area contributed by atoms with E-state index < -0.39 is 0 Å². The molecule has 0 spiro atoms. The van der Waals surface area contributed by atoms with Gasteiger partial charge < -0.3 is 15.4 Å². The summed E-state index contributed by atoms with van der Waals surface area (Å²) >= 11 is 0. The zero-order valence-electron chi connectivity index (χ0n) is 14.1. The summed E-state index contributed by atoms with van der Waals surface area (Å²) in [7, 11) is 1.84. The third kappa shape index (κ3) is 4.18. The molecule has 1 aliphatic carbocycles. The molecule has 0 aromatic heterocycles. The van der Waals surface area contributed by atoms with E-state index in [0.717, 1.165) is 32.3 Å². The molecular formula is C18H28IN3O. The van der Waals surface area contributed by atoms with E-state index >= 15 is 0 Å². The zero-order chi connectivity index (χ0) is 15.5. The van der Waals surface area contributed by atoms with Gasteiger partial charge in [0.1, 0.15) is 0 Å². The van der Waals surface area contributed by atoms with Crippen LogP contribution in [0.2, 0.25) is 0 Å². The Morgan fingerprint density at radius 2 is 1.78 bits per heavy atom. The number of guanidine groups is 1. The van der Waals surface area contributed by atoms with Gasteiger partial charge in [-0.3, -0.25) is 4.99 Å². The van der Waals surface area contributed by atoms with Crippen LogP contribution in [0.3, 0.4) is 0 Å². The lowest BCUT2D eigenvalue weighted by Crippen LogP contribution is -2.53. The minimum Gasteiger partial charge on any atom is -0.380 e. The van der Waals surface area contributed by atoms with Gasteiger partial charge in [0.05, 0.1) is 13.2 Å². The molecule has 1 saturated heterocycles. The first-order valence-corrected chi connectivity index (χ1v) is 8.24. The fourth-order valence-electron chi connectivity index (χ4n) is 3.29. The second kappa shape index (κ2) is 7.83. The van der Waals surface area contributed by atoms with Crippen molar-refractivity contribution in [2.24, 2.45) is 10.4 Å². The van der Waals surface area contributed by atoms with Gasteiger partial charge in [-0.05, 0) is 18.4 Å². The molecule has 1 aromatic rings. The maximum Gasteiger partial charge on any atom is 0.191 e. The largest absolute Gasteiger partial charge is 0.380 e. The van der Waals surface area contributed by atoms with Crippen molar-refractivity contribution in [3.8, 4) is 0 Å². The van der Waals surface area contributed by atoms with E-state index in [2.05, 4.69) is 52.9 Å². The Morgan fingerprint density at radius 3 is 2.26 bits per heavy atom. The Bertz CT molecular complexity index is 524. The maximum atomic E-state index is 5.30. The second-order valence-electron chi connectivity index (χ2n) is 7.08. The topological polar surface area (TPSA) is 45.7 Å². The molecule has 23 heavy (non-hydrogen) atoms. The normalized spacial score (nSPS) is 21.4. The van der Waals surface area contributed by atoms with Gasteiger partial charge in [0.15, 0.2) is 5.96 Å². The second-order valence-corrected chi connectivity index (χ2v) is 7.08. The minimum atomic E-state index is 0. The standard InChI is InChI=1S/C18H27N3O.HI/c1-17(13-22-14-17)11-20-16(19-2)21-12-18(9-6-10-18)15-7-4-3-5-8-15;/h3-5,7-8H,6,9-14H2,1-2H3,(H2,19,20,21);1H. The van der Waals surface area contributed by atoms with Crippen LogP contribution in [0.1, 0.15) is 31.7 Å². The van der Waals surface area contributed by atoms with Crippen LogP contribution in [0.15, 0.2) is 35.3 Å². The van der Waals surface area contributed by atoms with Gasteiger partial charge >= 0.3 is 0 Å². The molecule has 0 unspecified atom stereocenters. The highest BCUT2D eigenvalue weighted by atomic mass is 127. The van der Waals surface area contributed by atoms with Crippen LogP contribution in [0.5, 0.6) is 0 Å². The lowest BCUT2D eigenvalue weighted by molar-refractivity contribution is -0.0971. The van der Waals surface area contributed by atoms with Crippen molar-refractivity contribution in [3.63, 3.8) is 0 Å². The Balaban J connectivity index is 0.00000192. The summed E-state index contributed by atoms with van der Waals surface area (Å²) in [5.41, 5.74) is 1.98. The SMILES string of the molecule is CN=C(NCC1(C)COC1)NCC1(c2ccccc2)CCC1.I. The Hall–Kier alpha value is -0.820. The monoisotopic (exact) mass is 429 g/mol. The summed E-state index contributed by atoms with van der Waals surface area (Å²) in [6, 6.07) is 10.9. The summed E-state index contributed by atoms with van der Waals surface area (Å²) in [6.45, 7) is 5.78. The lowest BCUT2D eigenvalue weighted by atomic mass is 9.64. The molecule has 0 atom stereocenters. The number of halogens is 1. The molecule has 0 bridgehead atoms. The molecule has 2 N–H and O–H groups in total. The van der Waals surface area contributed by atoms with Crippen molar-refractivity contribution in [2.45, 2.75) is 31.6 Å². The molecule has 1 aromatic carbocycles. The average molecular weight is 429 g/mol. The van der Waals surface area contributed by atoms with Crippen molar-refractivity contribution in [1.29, 1.82) is 0 Å². The summed E-state index contributed by atoms with van der Waals surface area (Å²) < 4.78 is 5.30. The predicted octanol–water partition coefficient (Wildman–Crippen LogP) is 2.93. The Kier molecular flexibility index (Phi) is 6.31. The number of benzene rings is 1. The molecule has 1 saturated carbocycles. The molecule has 4 nitrogen and oxygen atoms in total. The highest BCUT2D eigenvalue weighted by Crippen LogP contribution is 2.43. The van der Waals surface area contributed by atoms with Crippen LogP contribution >= 0.6 is 24.0 Å². The van der Waals surface area contributed by atoms with Crippen molar-refractivity contribution >= 4 is 29.9 Å². The molecule has 5 heteroatoms. The van der Waals surface area contributed by atoms with Crippen LogP contribution in [-0.4, -0.2) is 39.3 Å². The molecular weight excluding hydrogens is 401 g/mol. The smallest absolute Gasteiger partial charge is 0.191 e. The summed E-state index contributed by atoms with van der Waals surface area (Å²) in [6.07, 6.45) is 3.83. The molecule has 128 valence electrons. The molecule has 1 heterocycles. The molecule has 2 fully saturated rings. The number of ether oxygens (including phenoxy) is 1. The molecule has 0 radical (unpaired) electrons. The van der Waals surface area contributed by atoms with Crippen molar-refractivity contribution in [2.75, 3.05) is 33.4 Å².